The molecule has 3 aromatic carbocycles. The topological polar surface area (TPSA) is 3.24 Å². The smallest absolute Gasteiger partial charge is 0.0408 e. The van der Waals surface area contributed by atoms with Crippen LogP contribution in [0.3, 0.4) is 0 Å². The number of nitrogens with zero attached hydrogens (tertiary/aromatic N) is 1. The van der Waals surface area contributed by atoms with Gasteiger partial charge in [-0.25, -0.2) is 0 Å². The van der Waals surface area contributed by atoms with Crippen LogP contribution in [0.2, 0.25) is 0 Å². The molecule has 1 nitrogen and oxygen atoms in total. The molecule has 1 heterocycles. The van der Waals surface area contributed by atoms with Crippen molar-refractivity contribution in [2.45, 2.75) is 6.42 Å². The fourth-order valence-corrected chi connectivity index (χ4v) is 3.58. The van der Waals surface area contributed by atoms with Crippen molar-refractivity contribution >= 4 is 28.1 Å². The number of rotatable bonds is 0. The summed E-state index contributed by atoms with van der Waals surface area (Å²) in [5, 5.41) is 2.61. The van der Waals surface area contributed by atoms with Crippen molar-refractivity contribution in [2.75, 3.05) is 18.5 Å². The van der Waals surface area contributed by atoms with E-state index < -0.39 is 0 Å². The van der Waals surface area contributed by atoms with Crippen LogP contribution in [-0.4, -0.2) is 13.6 Å². The standard InChI is InChI=1S/C23H21N/c1-17-16-22-21-12-6-4-9-19(21)13-14-23(22)24(2)15-7-10-18-8-3-5-11-20(17)18/h3-14H,1,15-16H2,2H3/b10-7-. The third-order valence-corrected chi connectivity index (χ3v) is 4.84. The summed E-state index contributed by atoms with van der Waals surface area (Å²) in [5.41, 5.74) is 6.32. The highest BCUT2D eigenvalue weighted by atomic mass is 15.1. The van der Waals surface area contributed by atoms with Gasteiger partial charge in [0.2, 0.25) is 0 Å². The molecule has 0 saturated heterocycles. The lowest BCUT2D eigenvalue weighted by molar-refractivity contribution is 1.02. The van der Waals surface area contributed by atoms with Crippen LogP contribution in [0.5, 0.6) is 0 Å². The van der Waals surface area contributed by atoms with Crippen molar-refractivity contribution in [3.8, 4) is 0 Å². The number of benzene rings is 3. The number of allylic oxidation sites excluding steroid dienone is 1. The van der Waals surface area contributed by atoms with Gasteiger partial charge in [-0.15, -0.1) is 0 Å². The van der Waals surface area contributed by atoms with Crippen LogP contribution >= 0.6 is 0 Å². The normalized spacial score (nSPS) is 15.7. The average Bonchev–Trinajstić information content (AvgIpc) is 2.61. The lowest BCUT2D eigenvalue weighted by atomic mass is 9.91. The van der Waals surface area contributed by atoms with E-state index in [1.807, 2.05) is 0 Å². The monoisotopic (exact) mass is 311 g/mol. The predicted octanol–water partition coefficient (Wildman–Crippen LogP) is 5.56. The highest BCUT2D eigenvalue weighted by Crippen LogP contribution is 2.34. The Morgan fingerprint density at radius 3 is 2.62 bits per heavy atom. The fourth-order valence-electron chi connectivity index (χ4n) is 3.58. The first-order chi connectivity index (χ1) is 11.7. The van der Waals surface area contributed by atoms with Crippen LogP contribution in [0.25, 0.3) is 22.4 Å². The minimum Gasteiger partial charge on any atom is -0.371 e. The summed E-state index contributed by atoms with van der Waals surface area (Å²) in [6, 6.07) is 21.6. The van der Waals surface area contributed by atoms with Crippen molar-refractivity contribution in [3.63, 3.8) is 0 Å². The molecule has 0 amide bonds. The minimum atomic E-state index is 0.867. The van der Waals surface area contributed by atoms with Crippen LogP contribution in [0.15, 0.2) is 73.3 Å². The summed E-state index contributed by atoms with van der Waals surface area (Å²) in [6.07, 6.45) is 5.31. The van der Waals surface area contributed by atoms with E-state index >= 15 is 0 Å². The van der Waals surface area contributed by atoms with Gasteiger partial charge in [0.05, 0.1) is 0 Å². The van der Waals surface area contributed by atoms with Crippen molar-refractivity contribution < 1.29 is 0 Å². The molecule has 1 aliphatic heterocycles. The first-order valence-corrected chi connectivity index (χ1v) is 8.39. The van der Waals surface area contributed by atoms with Gasteiger partial charge in [0.1, 0.15) is 0 Å². The first-order valence-electron chi connectivity index (χ1n) is 8.39. The lowest BCUT2D eigenvalue weighted by Gasteiger charge is -2.24. The van der Waals surface area contributed by atoms with Gasteiger partial charge in [-0.2, -0.15) is 0 Å². The largest absolute Gasteiger partial charge is 0.371 e. The van der Waals surface area contributed by atoms with Crippen LogP contribution in [-0.2, 0) is 6.42 Å². The second-order valence-electron chi connectivity index (χ2n) is 6.43. The molecule has 0 N–H and O–H groups in total. The molecule has 0 radical (unpaired) electrons. The van der Waals surface area contributed by atoms with E-state index in [9.17, 15) is 0 Å². The Kier molecular flexibility index (Phi) is 3.70. The number of likely N-dealkylation sites (N-methyl/N-ethyl adjacent to an activating group) is 1. The molecule has 0 aliphatic carbocycles. The van der Waals surface area contributed by atoms with Gasteiger partial charge in [0, 0.05) is 25.7 Å². The zero-order chi connectivity index (χ0) is 16.5. The third-order valence-electron chi connectivity index (χ3n) is 4.84. The SMILES string of the molecule is C=C1Cc2c(ccc3ccccc23)N(C)C/C=C\c2ccccc21. The summed E-state index contributed by atoms with van der Waals surface area (Å²) in [4.78, 5) is 2.32. The van der Waals surface area contributed by atoms with Gasteiger partial charge in [0.15, 0.2) is 0 Å². The molecular weight excluding hydrogens is 290 g/mol. The molecule has 24 heavy (non-hydrogen) atoms. The second-order valence-corrected chi connectivity index (χ2v) is 6.43. The maximum absolute atomic E-state index is 4.41. The summed E-state index contributed by atoms with van der Waals surface area (Å²) in [7, 11) is 2.16. The van der Waals surface area contributed by atoms with E-state index in [4.69, 9.17) is 0 Å². The number of hydrogen-bond donors (Lipinski definition) is 0. The predicted molar refractivity (Wildman–Crippen MR) is 105 cm³/mol. The van der Waals surface area contributed by atoms with Crippen molar-refractivity contribution in [1.29, 1.82) is 0 Å². The number of fused-ring (bicyclic) bond motifs is 4. The highest BCUT2D eigenvalue weighted by molar-refractivity contribution is 5.92. The molecule has 3 aromatic rings. The van der Waals surface area contributed by atoms with E-state index in [0.717, 1.165) is 13.0 Å². The Morgan fingerprint density at radius 1 is 0.917 bits per heavy atom. The minimum absolute atomic E-state index is 0.867. The maximum atomic E-state index is 4.41. The molecule has 118 valence electrons. The van der Waals surface area contributed by atoms with E-state index in [2.05, 4.69) is 91.3 Å². The van der Waals surface area contributed by atoms with Crippen LogP contribution in [0.4, 0.5) is 5.69 Å². The summed E-state index contributed by atoms with van der Waals surface area (Å²) >= 11 is 0. The Morgan fingerprint density at radius 2 is 1.71 bits per heavy atom. The number of hydrogen-bond acceptors (Lipinski definition) is 1. The van der Waals surface area contributed by atoms with E-state index in [1.165, 1.54) is 38.7 Å². The Balaban J connectivity index is 1.94. The van der Waals surface area contributed by atoms with Gasteiger partial charge < -0.3 is 4.90 Å². The molecule has 0 saturated carbocycles. The van der Waals surface area contributed by atoms with Crippen LogP contribution in [0.1, 0.15) is 16.7 Å². The van der Waals surface area contributed by atoms with E-state index in [1.54, 1.807) is 0 Å². The molecule has 0 atom stereocenters. The summed E-state index contributed by atoms with van der Waals surface area (Å²) in [6.45, 7) is 5.30. The molecule has 0 unspecified atom stereocenters. The molecule has 0 aromatic heterocycles. The van der Waals surface area contributed by atoms with Gasteiger partial charge in [-0.05, 0) is 39.1 Å². The Bertz CT molecular complexity index is 949. The van der Waals surface area contributed by atoms with Gasteiger partial charge in [-0.1, -0.05) is 73.3 Å². The molecule has 1 heteroatoms. The van der Waals surface area contributed by atoms with Gasteiger partial charge >= 0.3 is 0 Å². The lowest BCUT2D eigenvalue weighted by Crippen LogP contribution is -2.19. The molecule has 0 fully saturated rings. The highest BCUT2D eigenvalue weighted by Gasteiger charge is 2.15. The van der Waals surface area contributed by atoms with Gasteiger partial charge in [0.25, 0.3) is 0 Å². The maximum Gasteiger partial charge on any atom is 0.0408 e. The van der Waals surface area contributed by atoms with Crippen LogP contribution < -0.4 is 4.90 Å². The van der Waals surface area contributed by atoms with E-state index in [-0.39, 0.29) is 0 Å². The Labute approximate surface area is 143 Å². The Hall–Kier alpha value is -2.80. The number of anilines is 1. The average molecular weight is 311 g/mol. The quantitative estimate of drug-likeness (QED) is 0.525. The molecule has 4 rings (SSSR count). The summed E-state index contributed by atoms with van der Waals surface area (Å²) < 4.78 is 0. The van der Waals surface area contributed by atoms with Gasteiger partial charge in [-0.3, -0.25) is 0 Å². The summed E-state index contributed by atoms with van der Waals surface area (Å²) in [5.74, 6) is 0. The van der Waals surface area contributed by atoms with Crippen LogP contribution in [0, 0.1) is 0 Å². The molecular formula is C23H21N. The zero-order valence-corrected chi connectivity index (χ0v) is 14.0. The van der Waals surface area contributed by atoms with E-state index in [0.29, 0.717) is 0 Å². The second kappa shape index (κ2) is 6.01. The van der Waals surface area contributed by atoms with Crippen molar-refractivity contribution in [3.05, 3.63) is 90.0 Å². The molecule has 0 spiro atoms. The third kappa shape index (κ3) is 2.52. The molecule has 1 aliphatic rings. The first kappa shape index (κ1) is 14.8. The van der Waals surface area contributed by atoms with Crippen molar-refractivity contribution in [2.24, 2.45) is 0 Å². The van der Waals surface area contributed by atoms with Crippen molar-refractivity contribution in [1.82, 2.24) is 0 Å². The molecule has 0 bridgehead atoms. The zero-order valence-electron chi connectivity index (χ0n) is 14.0. The fraction of sp³-hybridized carbons (Fsp3) is 0.130.